The van der Waals surface area contributed by atoms with Crippen LogP contribution >= 0.6 is 23.5 Å². The molecule has 0 radical (unpaired) electrons. The Labute approximate surface area is 451 Å². The van der Waals surface area contributed by atoms with Crippen molar-refractivity contribution in [1.82, 2.24) is 0 Å². The maximum Gasteiger partial charge on any atom is 0.231 e. The summed E-state index contributed by atoms with van der Waals surface area (Å²) in [5.74, 6) is 8.31. The lowest BCUT2D eigenvalue weighted by Gasteiger charge is -2.15. The van der Waals surface area contributed by atoms with E-state index in [1.165, 1.54) is 37.6 Å². The zero-order valence-electron chi connectivity index (χ0n) is 47.8. The van der Waals surface area contributed by atoms with Crippen molar-refractivity contribution in [2.75, 3.05) is 40.6 Å². The van der Waals surface area contributed by atoms with Gasteiger partial charge in [-0.15, -0.1) is 23.5 Å². The summed E-state index contributed by atoms with van der Waals surface area (Å²) in [7, 11) is 4.87. The zero-order chi connectivity index (χ0) is 54.6. The second-order valence-corrected chi connectivity index (χ2v) is 21.4. The highest BCUT2D eigenvalue weighted by molar-refractivity contribution is 7.98. The average molecular weight is 1040 g/mol. The standard InChI is InChI=1S/C12H18O3.C12H18O.C10H12O2.C10H14O.2C10H14S/c1-8(2)9-5-10(7-13)12(15-4)11(6-9)14-3;1-9(2)11-5-7-12(8-6-11)13-10(3)4;1-7(2)8-3-4-9-10(5-8)12-6-11-9;1-8(2)9-5-4-6-10(7-9)11-3;1-8(2)9-4-6-10(11-3)7-5-9;1-8(2)9-5-4-6-10(7-9)11-3/h5-6,8,13H,7H2,1-4H3;5-10H,1-4H3;3-5,7H,6H2,1-2H3;3*4-8H,1-3H3. The third-order valence-corrected chi connectivity index (χ3v) is 13.2. The first-order chi connectivity index (χ1) is 34.7. The molecule has 0 fully saturated rings. The van der Waals surface area contributed by atoms with Crippen molar-refractivity contribution in [3.8, 4) is 34.5 Å². The van der Waals surface area contributed by atoms with E-state index in [0.717, 1.165) is 34.1 Å². The number of methoxy groups -OCH3 is 3. The molecule has 1 heterocycles. The largest absolute Gasteiger partial charge is 0.497 e. The Morgan fingerprint density at radius 3 is 1.38 bits per heavy atom. The van der Waals surface area contributed by atoms with Gasteiger partial charge in [0.15, 0.2) is 23.0 Å². The summed E-state index contributed by atoms with van der Waals surface area (Å²) in [6, 6.07) is 44.0. The molecule has 73 heavy (non-hydrogen) atoms. The second kappa shape index (κ2) is 34.3. The summed E-state index contributed by atoms with van der Waals surface area (Å²) in [6.07, 6.45) is 4.47. The fourth-order valence-electron chi connectivity index (χ4n) is 6.98. The lowest BCUT2D eigenvalue weighted by molar-refractivity contribution is 0.174. The summed E-state index contributed by atoms with van der Waals surface area (Å²) < 4.78 is 31.6. The van der Waals surface area contributed by atoms with Crippen molar-refractivity contribution in [3.63, 3.8) is 0 Å². The molecular formula is C64H90O7S2. The van der Waals surface area contributed by atoms with Crippen LogP contribution in [-0.2, 0) is 6.61 Å². The van der Waals surface area contributed by atoms with Gasteiger partial charge in [-0.3, -0.25) is 0 Å². The van der Waals surface area contributed by atoms with Gasteiger partial charge in [0.05, 0.1) is 34.0 Å². The highest BCUT2D eigenvalue weighted by Gasteiger charge is 2.15. The van der Waals surface area contributed by atoms with Gasteiger partial charge in [-0.2, -0.15) is 0 Å². The SMILES string of the molecule is CC(C)Oc1ccc(C(C)C)cc1.CC(C)c1ccc2c(c1)OCO2.COc1cc(C(C)C)cc(CO)c1OC.COc1cccc(C(C)C)c1.CSc1ccc(C(C)C)cc1.CSc1cccc(C(C)C)c1. The highest BCUT2D eigenvalue weighted by Crippen LogP contribution is 2.36. The van der Waals surface area contributed by atoms with Crippen LogP contribution in [0.3, 0.4) is 0 Å². The lowest BCUT2D eigenvalue weighted by Crippen LogP contribution is -2.05. The molecular weight excluding hydrogens is 945 g/mol. The number of benzene rings is 6. The molecule has 1 N–H and O–H groups in total. The van der Waals surface area contributed by atoms with E-state index in [0.29, 0.717) is 53.8 Å². The van der Waals surface area contributed by atoms with Crippen molar-refractivity contribution < 1.29 is 33.5 Å². The number of ether oxygens (including phenoxy) is 6. The van der Waals surface area contributed by atoms with Crippen molar-refractivity contribution >= 4 is 23.5 Å². The number of aliphatic hydroxyl groups is 1. The van der Waals surface area contributed by atoms with Gasteiger partial charge >= 0.3 is 0 Å². The van der Waals surface area contributed by atoms with Crippen LogP contribution in [0.15, 0.2) is 137 Å². The molecule has 0 unspecified atom stereocenters. The van der Waals surface area contributed by atoms with Crippen LogP contribution in [0.5, 0.6) is 34.5 Å². The highest BCUT2D eigenvalue weighted by atomic mass is 32.2. The molecule has 6 aromatic rings. The predicted octanol–water partition coefficient (Wildman–Crippen LogP) is 18.3. The van der Waals surface area contributed by atoms with Gasteiger partial charge in [-0.25, -0.2) is 0 Å². The minimum absolute atomic E-state index is 0.0416. The van der Waals surface area contributed by atoms with Gasteiger partial charge in [0.2, 0.25) is 6.79 Å². The molecule has 0 spiro atoms. The van der Waals surface area contributed by atoms with Crippen molar-refractivity contribution in [3.05, 3.63) is 166 Å². The molecule has 1 aliphatic heterocycles. The van der Waals surface area contributed by atoms with Crippen LogP contribution in [0.4, 0.5) is 0 Å². The Kier molecular flexibility index (Phi) is 30.0. The normalized spacial score (nSPS) is 11.1. The number of thioether (sulfide) groups is 2. The summed E-state index contributed by atoms with van der Waals surface area (Å²) in [4.78, 5) is 2.70. The summed E-state index contributed by atoms with van der Waals surface area (Å²) >= 11 is 3.59. The number of fused-ring (bicyclic) bond motifs is 1. The maximum absolute atomic E-state index is 9.24. The van der Waals surface area contributed by atoms with Gasteiger partial charge in [-0.05, 0) is 168 Å². The van der Waals surface area contributed by atoms with Gasteiger partial charge in [0.25, 0.3) is 0 Å². The molecule has 0 amide bonds. The van der Waals surface area contributed by atoms with Crippen LogP contribution < -0.4 is 28.4 Å². The molecule has 400 valence electrons. The zero-order valence-corrected chi connectivity index (χ0v) is 49.4. The van der Waals surface area contributed by atoms with E-state index in [2.05, 4.69) is 174 Å². The molecule has 6 aromatic carbocycles. The molecule has 0 saturated heterocycles. The molecule has 9 heteroatoms. The van der Waals surface area contributed by atoms with E-state index in [-0.39, 0.29) is 12.7 Å². The van der Waals surface area contributed by atoms with E-state index in [1.807, 2.05) is 62.4 Å². The van der Waals surface area contributed by atoms with E-state index in [4.69, 9.17) is 28.4 Å². The topological polar surface area (TPSA) is 75.6 Å². The van der Waals surface area contributed by atoms with E-state index in [1.54, 1.807) is 44.9 Å². The fourth-order valence-corrected chi connectivity index (χ4v) is 7.86. The number of aliphatic hydroxyl groups excluding tert-OH is 1. The first-order valence-corrected chi connectivity index (χ1v) is 28.1. The Balaban J connectivity index is 0.000000301. The lowest BCUT2D eigenvalue weighted by atomic mass is 10.00. The molecule has 0 aliphatic carbocycles. The third-order valence-electron chi connectivity index (χ3n) is 11.7. The first-order valence-electron chi connectivity index (χ1n) is 25.7. The number of rotatable bonds is 14. The van der Waals surface area contributed by atoms with Crippen LogP contribution in [-0.4, -0.2) is 51.8 Å². The average Bonchev–Trinajstić information content (AvgIpc) is 3.87. The quantitative estimate of drug-likeness (QED) is 0.107. The van der Waals surface area contributed by atoms with Gasteiger partial charge in [0, 0.05) is 15.4 Å². The molecule has 0 bridgehead atoms. The molecule has 0 atom stereocenters. The van der Waals surface area contributed by atoms with Gasteiger partial charge in [0.1, 0.15) is 11.5 Å². The monoisotopic (exact) mass is 1030 g/mol. The Hall–Kier alpha value is -5.22. The minimum Gasteiger partial charge on any atom is -0.497 e. The minimum atomic E-state index is -0.0416. The summed E-state index contributed by atoms with van der Waals surface area (Å²) in [5.41, 5.74) is 8.72. The smallest absolute Gasteiger partial charge is 0.231 e. The fraction of sp³-hybridized carbons (Fsp3) is 0.438. The summed E-state index contributed by atoms with van der Waals surface area (Å²) in [5, 5.41) is 9.24. The number of hydrogen-bond donors (Lipinski definition) is 1. The van der Waals surface area contributed by atoms with E-state index in [9.17, 15) is 5.11 Å². The van der Waals surface area contributed by atoms with Crippen molar-refractivity contribution in [2.45, 2.75) is 155 Å². The van der Waals surface area contributed by atoms with Crippen molar-refractivity contribution in [1.29, 1.82) is 0 Å². The predicted molar refractivity (Wildman–Crippen MR) is 314 cm³/mol. The Morgan fingerprint density at radius 1 is 0.438 bits per heavy atom. The molecule has 7 rings (SSSR count). The second-order valence-electron chi connectivity index (χ2n) is 19.7. The third kappa shape index (κ3) is 23.3. The van der Waals surface area contributed by atoms with Crippen LogP contribution in [0.1, 0.15) is 171 Å². The van der Waals surface area contributed by atoms with Crippen LogP contribution in [0.25, 0.3) is 0 Å². The molecule has 0 saturated carbocycles. The van der Waals surface area contributed by atoms with E-state index >= 15 is 0 Å². The maximum atomic E-state index is 9.24. The Bertz CT molecular complexity index is 2350. The van der Waals surface area contributed by atoms with E-state index < -0.39 is 0 Å². The Morgan fingerprint density at radius 2 is 0.918 bits per heavy atom. The molecule has 7 nitrogen and oxygen atoms in total. The molecule has 0 aromatic heterocycles. The van der Waals surface area contributed by atoms with Gasteiger partial charge in [-0.1, -0.05) is 138 Å². The summed E-state index contributed by atoms with van der Waals surface area (Å²) in [6.45, 7) is 30.5. The first kappa shape index (κ1) is 63.9. The van der Waals surface area contributed by atoms with Crippen LogP contribution in [0.2, 0.25) is 0 Å². The van der Waals surface area contributed by atoms with Crippen molar-refractivity contribution in [2.24, 2.45) is 0 Å². The van der Waals surface area contributed by atoms with Gasteiger partial charge < -0.3 is 33.5 Å². The van der Waals surface area contributed by atoms with Crippen LogP contribution in [0, 0.1) is 0 Å². The molecule has 1 aliphatic rings. The number of hydrogen-bond acceptors (Lipinski definition) is 9.